The van der Waals surface area contributed by atoms with Gasteiger partial charge in [0.25, 0.3) is 0 Å². The van der Waals surface area contributed by atoms with Gasteiger partial charge < -0.3 is 37.9 Å². The summed E-state index contributed by atoms with van der Waals surface area (Å²) in [5.74, 6) is 1.51. The van der Waals surface area contributed by atoms with Crippen LogP contribution in [0.25, 0.3) is 0 Å². The van der Waals surface area contributed by atoms with Gasteiger partial charge in [-0.15, -0.1) is 0 Å². The van der Waals surface area contributed by atoms with Crippen molar-refractivity contribution in [2.45, 2.75) is 122 Å². The van der Waals surface area contributed by atoms with Crippen LogP contribution in [0, 0.1) is 11.8 Å². The molecule has 2 atom stereocenters. The third kappa shape index (κ3) is 14.8. The molecule has 282 valence electrons. The van der Waals surface area contributed by atoms with Crippen LogP contribution in [0.2, 0.25) is 0 Å². The highest BCUT2D eigenvalue weighted by atomic mass is 16.7. The minimum absolute atomic E-state index is 0.00794. The number of unbranched alkanes of at least 4 members (excludes halogenated alkanes) is 5. The summed E-state index contributed by atoms with van der Waals surface area (Å²) in [5.41, 5.74) is 0. The van der Waals surface area contributed by atoms with E-state index in [2.05, 4.69) is 0 Å². The SMILES string of the molecule is O=C(Oc1ccc(OCCCCCCOC2CCCCO2)cc1)C1CCC(C(=O)Oc2ccc(OCCCCCOC3CCCCO3)cc2)CC1. The van der Waals surface area contributed by atoms with Crippen LogP contribution in [-0.4, -0.2) is 64.2 Å². The van der Waals surface area contributed by atoms with E-state index in [1.165, 1.54) is 12.8 Å². The average Bonchev–Trinajstić information content (AvgIpc) is 3.17. The molecule has 10 nitrogen and oxygen atoms in total. The molecule has 2 aromatic rings. The van der Waals surface area contributed by atoms with Crippen LogP contribution in [0.4, 0.5) is 0 Å². The lowest BCUT2D eigenvalue weighted by atomic mass is 9.82. The zero-order valence-corrected chi connectivity index (χ0v) is 30.3. The fourth-order valence-electron chi connectivity index (χ4n) is 6.61. The summed E-state index contributed by atoms with van der Waals surface area (Å²) in [6.45, 7) is 4.36. The van der Waals surface area contributed by atoms with E-state index in [9.17, 15) is 9.59 Å². The minimum Gasteiger partial charge on any atom is -0.494 e. The number of benzene rings is 2. The van der Waals surface area contributed by atoms with Crippen LogP contribution in [0.1, 0.15) is 109 Å². The van der Waals surface area contributed by atoms with Gasteiger partial charge in [0.15, 0.2) is 12.6 Å². The molecule has 10 heteroatoms. The Balaban J connectivity index is 0.877. The Morgan fingerprint density at radius 2 is 0.843 bits per heavy atom. The molecule has 1 aliphatic carbocycles. The summed E-state index contributed by atoms with van der Waals surface area (Å²) in [5, 5.41) is 0. The first-order valence-electron chi connectivity index (χ1n) is 19.5. The van der Waals surface area contributed by atoms with Crippen molar-refractivity contribution >= 4 is 11.9 Å². The quantitative estimate of drug-likeness (QED) is 0.0710. The van der Waals surface area contributed by atoms with Gasteiger partial charge in [-0.2, -0.15) is 0 Å². The first-order valence-corrected chi connectivity index (χ1v) is 19.5. The van der Waals surface area contributed by atoms with Gasteiger partial charge >= 0.3 is 11.9 Å². The summed E-state index contributed by atoms with van der Waals surface area (Å²) in [7, 11) is 0. The van der Waals surface area contributed by atoms with Crippen molar-refractivity contribution in [1.29, 1.82) is 0 Å². The van der Waals surface area contributed by atoms with Crippen LogP contribution >= 0.6 is 0 Å². The number of rotatable bonds is 21. The lowest BCUT2D eigenvalue weighted by Gasteiger charge is -2.25. The average molecular weight is 711 g/mol. The number of carbonyl (C=O) groups excluding carboxylic acids is 2. The van der Waals surface area contributed by atoms with E-state index in [0.29, 0.717) is 50.4 Å². The maximum Gasteiger partial charge on any atom is 0.314 e. The lowest BCUT2D eigenvalue weighted by Crippen LogP contribution is -2.30. The predicted octanol–water partition coefficient (Wildman–Crippen LogP) is 8.58. The van der Waals surface area contributed by atoms with Crippen molar-refractivity contribution < 1.29 is 47.5 Å². The van der Waals surface area contributed by atoms with E-state index >= 15 is 0 Å². The van der Waals surface area contributed by atoms with Crippen LogP contribution in [-0.2, 0) is 28.5 Å². The summed E-state index contributed by atoms with van der Waals surface area (Å²) in [6, 6.07) is 14.4. The topological polar surface area (TPSA) is 108 Å². The first-order chi connectivity index (χ1) is 25.1. The van der Waals surface area contributed by atoms with E-state index in [-0.39, 0.29) is 36.4 Å². The molecule has 2 aromatic carbocycles. The van der Waals surface area contributed by atoms with Gasteiger partial charge in [-0.1, -0.05) is 6.42 Å². The van der Waals surface area contributed by atoms with Crippen molar-refractivity contribution in [1.82, 2.24) is 0 Å². The molecule has 0 N–H and O–H groups in total. The summed E-state index contributed by atoms with van der Waals surface area (Å²) in [6.07, 6.45) is 16.1. The Hall–Kier alpha value is -3.18. The van der Waals surface area contributed by atoms with Gasteiger partial charge in [0.2, 0.25) is 0 Å². The van der Waals surface area contributed by atoms with E-state index in [1.807, 2.05) is 24.3 Å². The van der Waals surface area contributed by atoms with Crippen molar-refractivity contribution in [3.63, 3.8) is 0 Å². The molecule has 3 fully saturated rings. The Kier molecular flexibility index (Phi) is 17.4. The molecule has 0 amide bonds. The molecule has 0 spiro atoms. The standard InChI is InChI=1S/C41H58O10/c42-40(50-36-22-18-34(19-23-36)44-26-6-1-2-7-28-46-38-12-4-10-30-48-38)32-14-16-33(17-15-32)41(43)51-37-24-20-35(21-25-37)45-27-8-3-9-29-47-39-13-5-11-31-49-39/h18-25,32-33,38-39H,1-17,26-31H2. The summed E-state index contributed by atoms with van der Waals surface area (Å²) >= 11 is 0. The number of hydrogen-bond donors (Lipinski definition) is 0. The smallest absolute Gasteiger partial charge is 0.314 e. The molecule has 0 aromatic heterocycles. The number of esters is 2. The Labute approximate surface area is 303 Å². The third-order valence-electron chi connectivity index (χ3n) is 9.73. The van der Waals surface area contributed by atoms with E-state index in [0.717, 1.165) is 109 Å². The lowest BCUT2D eigenvalue weighted by molar-refractivity contribution is -0.163. The zero-order valence-electron chi connectivity index (χ0n) is 30.3. The molecule has 0 bridgehead atoms. The molecular formula is C41H58O10. The van der Waals surface area contributed by atoms with Gasteiger partial charge in [0.05, 0.1) is 25.0 Å². The van der Waals surface area contributed by atoms with Gasteiger partial charge in [-0.25, -0.2) is 0 Å². The largest absolute Gasteiger partial charge is 0.494 e. The molecular weight excluding hydrogens is 652 g/mol. The molecule has 1 saturated carbocycles. The second-order valence-corrected chi connectivity index (χ2v) is 13.8. The second kappa shape index (κ2) is 22.7. The molecule has 2 saturated heterocycles. The molecule has 3 aliphatic rings. The zero-order chi connectivity index (χ0) is 35.4. The number of hydrogen-bond acceptors (Lipinski definition) is 10. The van der Waals surface area contributed by atoms with Crippen molar-refractivity contribution in [3.05, 3.63) is 48.5 Å². The normalized spacial score (nSPS) is 22.2. The third-order valence-corrected chi connectivity index (χ3v) is 9.73. The van der Waals surface area contributed by atoms with E-state index in [1.54, 1.807) is 24.3 Å². The van der Waals surface area contributed by atoms with Gasteiger partial charge in [-0.3, -0.25) is 9.59 Å². The second-order valence-electron chi connectivity index (χ2n) is 13.8. The molecule has 2 aliphatic heterocycles. The monoisotopic (exact) mass is 710 g/mol. The Bertz CT molecular complexity index is 1250. The van der Waals surface area contributed by atoms with E-state index < -0.39 is 0 Å². The number of carbonyl (C=O) groups is 2. The minimum atomic E-state index is -0.259. The molecule has 0 radical (unpaired) electrons. The van der Waals surface area contributed by atoms with Crippen LogP contribution in [0.5, 0.6) is 23.0 Å². The Morgan fingerprint density at radius 1 is 0.471 bits per heavy atom. The van der Waals surface area contributed by atoms with Gasteiger partial charge in [-0.05, 0) is 151 Å². The number of ether oxygens (including phenoxy) is 8. The summed E-state index contributed by atoms with van der Waals surface area (Å²) in [4.78, 5) is 25.7. The fraction of sp³-hybridized carbons (Fsp3) is 0.659. The first kappa shape index (κ1) is 39.0. The highest BCUT2D eigenvalue weighted by molar-refractivity contribution is 5.77. The fourth-order valence-corrected chi connectivity index (χ4v) is 6.61. The highest BCUT2D eigenvalue weighted by Crippen LogP contribution is 2.32. The van der Waals surface area contributed by atoms with Crippen molar-refractivity contribution in [3.8, 4) is 23.0 Å². The summed E-state index contributed by atoms with van der Waals surface area (Å²) < 4.78 is 45.8. The highest BCUT2D eigenvalue weighted by Gasteiger charge is 2.32. The maximum atomic E-state index is 12.9. The van der Waals surface area contributed by atoms with Crippen molar-refractivity contribution in [2.75, 3.05) is 39.6 Å². The van der Waals surface area contributed by atoms with Gasteiger partial charge in [0, 0.05) is 26.4 Å². The van der Waals surface area contributed by atoms with Gasteiger partial charge in [0.1, 0.15) is 23.0 Å². The van der Waals surface area contributed by atoms with Crippen molar-refractivity contribution in [2.24, 2.45) is 11.8 Å². The molecule has 51 heavy (non-hydrogen) atoms. The molecule has 5 rings (SSSR count). The molecule has 2 unspecified atom stereocenters. The molecule has 2 heterocycles. The van der Waals surface area contributed by atoms with Crippen LogP contribution in [0.3, 0.4) is 0 Å². The van der Waals surface area contributed by atoms with Crippen LogP contribution < -0.4 is 18.9 Å². The van der Waals surface area contributed by atoms with E-state index in [4.69, 9.17) is 37.9 Å². The van der Waals surface area contributed by atoms with Crippen LogP contribution in [0.15, 0.2) is 48.5 Å². The predicted molar refractivity (Wildman–Crippen MR) is 192 cm³/mol. The Morgan fingerprint density at radius 3 is 1.24 bits per heavy atom. The maximum absolute atomic E-state index is 12.9.